The molecule has 0 saturated heterocycles. The maximum Gasteiger partial charge on any atom is 0.136 e. The minimum absolute atomic E-state index is 0.0310. The molecule has 0 bridgehead atoms. The summed E-state index contributed by atoms with van der Waals surface area (Å²) in [5, 5.41) is 0. The summed E-state index contributed by atoms with van der Waals surface area (Å²) in [6.45, 7) is 8.73. The van der Waals surface area contributed by atoms with Crippen LogP contribution < -0.4 is 0 Å². The van der Waals surface area contributed by atoms with Gasteiger partial charge in [-0.05, 0) is 57.8 Å². The number of rotatable bonds is 8. The van der Waals surface area contributed by atoms with Crippen LogP contribution in [-0.4, -0.2) is 5.78 Å². The molecule has 1 saturated carbocycles. The largest absolute Gasteiger partial charge is 0.299 e. The van der Waals surface area contributed by atoms with Gasteiger partial charge in [-0.2, -0.15) is 0 Å². The van der Waals surface area contributed by atoms with E-state index >= 15 is 0 Å². The van der Waals surface area contributed by atoms with Crippen molar-refractivity contribution in [1.29, 1.82) is 0 Å². The van der Waals surface area contributed by atoms with Crippen molar-refractivity contribution in [1.82, 2.24) is 0 Å². The Labute approximate surface area is 131 Å². The molecule has 0 aliphatic heterocycles. The summed E-state index contributed by atoms with van der Waals surface area (Å²) >= 11 is 0. The summed E-state index contributed by atoms with van der Waals surface area (Å²) in [6.07, 6.45) is 18.6. The zero-order valence-electron chi connectivity index (χ0n) is 14.3. The van der Waals surface area contributed by atoms with Crippen LogP contribution in [0.2, 0.25) is 0 Å². The number of Topliss-reactive ketones (excluding diaryl/α,β-unsaturated/α-hetero) is 1. The van der Waals surface area contributed by atoms with Gasteiger partial charge in [-0.25, -0.2) is 0 Å². The fraction of sp³-hybridized carbons (Fsp3) is 0.650. The van der Waals surface area contributed by atoms with Crippen LogP contribution in [0.3, 0.4) is 0 Å². The van der Waals surface area contributed by atoms with Gasteiger partial charge in [-0.1, -0.05) is 49.8 Å². The van der Waals surface area contributed by atoms with Crippen molar-refractivity contribution in [2.75, 3.05) is 0 Å². The van der Waals surface area contributed by atoms with Crippen LogP contribution >= 0.6 is 0 Å². The number of ketones is 1. The first kappa shape index (κ1) is 17.9. The van der Waals surface area contributed by atoms with E-state index in [1.54, 1.807) is 0 Å². The highest BCUT2D eigenvalue weighted by atomic mass is 16.1. The lowest BCUT2D eigenvalue weighted by atomic mass is 9.72. The van der Waals surface area contributed by atoms with Gasteiger partial charge < -0.3 is 0 Å². The Hall–Kier alpha value is -1.11. The normalized spacial score (nSPS) is 21.0. The highest BCUT2D eigenvalue weighted by molar-refractivity contribution is 5.84. The van der Waals surface area contributed by atoms with Crippen LogP contribution in [0.15, 0.2) is 36.0 Å². The predicted octanol–water partition coefficient (Wildman–Crippen LogP) is 6.02. The second-order valence-electron chi connectivity index (χ2n) is 6.72. The summed E-state index contributed by atoms with van der Waals surface area (Å²) < 4.78 is 0. The van der Waals surface area contributed by atoms with Gasteiger partial charge in [0.15, 0.2) is 0 Å². The molecule has 1 aliphatic carbocycles. The highest BCUT2D eigenvalue weighted by Crippen LogP contribution is 2.42. The van der Waals surface area contributed by atoms with Crippen LogP contribution in [0.25, 0.3) is 0 Å². The molecule has 1 atom stereocenters. The quantitative estimate of drug-likeness (QED) is 0.394. The van der Waals surface area contributed by atoms with Crippen molar-refractivity contribution in [2.24, 2.45) is 11.3 Å². The van der Waals surface area contributed by atoms with Gasteiger partial charge in [0.2, 0.25) is 0 Å². The van der Waals surface area contributed by atoms with Gasteiger partial charge in [0.1, 0.15) is 5.78 Å². The molecule has 118 valence electrons. The van der Waals surface area contributed by atoms with E-state index in [0.717, 1.165) is 44.9 Å². The van der Waals surface area contributed by atoms with Crippen molar-refractivity contribution in [3.63, 3.8) is 0 Å². The van der Waals surface area contributed by atoms with E-state index in [2.05, 4.69) is 58.1 Å². The second-order valence-corrected chi connectivity index (χ2v) is 6.72. The van der Waals surface area contributed by atoms with Crippen LogP contribution in [0.5, 0.6) is 0 Å². The zero-order valence-corrected chi connectivity index (χ0v) is 14.3. The lowest BCUT2D eigenvalue weighted by Gasteiger charge is -2.32. The summed E-state index contributed by atoms with van der Waals surface area (Å²) in [4.78, 5) is 12.0. The maximum atomic E-state index is 12.0. The minimum atomic E-state index is 0.0310. The summed E-state index contributed by atoms with van der Waals surface area (Å²) in [6, 6.07) is 0. The third-order valence-electron chi connectivity index (χ3n) is 4.88. The topological polar surface area (TPSA) is 17.1 Å². The molecule has 0 N–H and O–H groups in total. The van der Waals surface area contributed by atoms with E-state index in [1.165, 1.54) is 5.57 Å². The smallest absolute Gasteiger partial charge is 0.136 e. The van der Waals surface area contributed by atoms with Crippen molar-refractivity contribution in [2.45, 2.75) is 72.6 Å². The number of hydrogen-bond acceptors (Lipinski definition) is 1. The molecule has 21 heavy (non-hydrogen) atoms. The molecule has 0 aromatic heterocycles. The van der Waals surface area contributed by atoms with Crippen LogP contribution in [0.1, 0.15) is 72.6 Å². The number of carbonyl (C=O) groups excluding carboxylic acids is 1. The zero-order chi connectivity index (χ0) is 15.7. The number of allylic oxidation sites excluding steroid dienone is 6. The predicted molar refractivity (Wildman–Crippen MR) is 92.3 cm³/mol. The van der Waals surface area contributed by atoms with E-state index < -0.39 is 0 Å². The van der Waals surface area contributed by atoms with Crippen molar-refractivity contribution in [3.8, 4) is 0 Å². The summed E-state index contributed by atoms with van der Waals surface area (Å²) in [7, 11) is 0. The Morgan fingerprint density at radius 1 is 1.14 bits per heavy atom. The number of hydrogen-bond donors (Lipinski definition) is 0. The molecule has 0 amide bonds. The number of unbranched alkanes of at least 4 members (excludes halogenated alkanes) is 2. The van der Waals surface area contributed by atoms with Gasteiger partial charge in [0.25, 0.3) is 0 Å². The average Bonchev–Trinajstić information content (AvgIpc) is 2.88. The molecule has 0 radical (unpaired) electrons. The Morgan fingerprint density at radius 3 is 2.33 bits per heavy atom. The van der Waals surface area contributed by atoms with Crippen molar-refractivity contribution in [3.05, 3.63) is 36.0 Å². The molecule has 1 heteroatoms. The molecule has 0 heterocycles. The first-order valence-electron chi connectivity index (χ1n) is 8.46. The van der Waals surface area contributed by atoms with Gasteiger partial charge in [0, 0.05) is 12.3 Å². The Bertz CT molecular complexity index is 410. The monoisotopic (exact) mass is 288 g/mol. The first-order chi connectivity index (χ1) is 10.00. The van der Waals surface area contributed by atoms with Gasteiger partial charge in [-0.3, -0.25) is 4.79 Å². The van der Waals surface area contributed by atoms with E-state index in [1.807, 2.05) is 0 Å². The summed E-state index contributed by atoms with van der Waals surface area (Å²) in [5.41, 5.74) is 1.41. The third-order valence-corrected chi connectivity index (χ3v) is 4.88. The van der Waals surface area contributed by atoms with Gasteiger partial charge in [0.05, 0.1) is 0 Å². The van der Waals surface area contributed by atoms with E-state index in [-0.39, 0.29) is 11.3 Å². The van der Waals surface area contributed by atoms with E-state index in [0.29, 0.717) is 5.78 Å². The Kier molecular flexibility index (Phi) is 7.71. The minimum Gasteiger partial charge on any atom is -0.299 e. The van der Waals surface area contributed by atoms with E-state index in [9.17, 15) is 4.79 Å². The molecule has 1 rings (SSSR count). The molecule has 1 nitrogen and oxygen atoms in total. The van der Waals surface area contributed by atoms with Gasteiger partial charge in [-0.15, -0.1) is 0 Å². The highest BCUT2D eigenvalue weighted by Gasteiger charge is 2.38. The molecule has 0 spiro atoms. The molecule has 1 aliphatic rings. The van der Waals surface area contributed by atoms with Crippen molar-refractivity contribution >= 4 is 5.78 Å². The molecule has 1 unspecified atom stereocenters. The number of carbonyl (C=O) groups is 1. The fourth-order valence-electron chi connectivity index (χ4n) is 3.11. The van der Waals surface area contributed by atoms with Crippen LogP contribution in [0.4, 0.5) is 0 Å². The molecule has 0 aromatic rings. The lowest BCUT2D eigenvalue weighted by molar-refractivity contribution is -0.123. The average molecular weight is 288 g/mol. The van der Waals surface area contributed by atoms with Gasteiger partial charge >= 0.3 is 0 Å². The second kappa shape index (κ2) is 9.02. The molecule has 0 aromatic carbocycles. The van der Waals surface area contributed by atoms with Crippen molar-refractivity contribution < 1.29 is 4.79 Å². The van der Waals surface area contributed by atoms with Crippen LogP contribution in [0, 0.1) is 11.3 Å². The SMILES string of the molecule is CC=CCCC=CCCC=C(C)C(C)(C)C1CCCC1=O. The standard InChI is InChI=1S/C20H32O/c1-5-6-7-8-9-10-11-12-14-17(2)20(3,4)18-15-13-16-19(18)21/h5-6,9-10,14,18H,7-8,11-13,15-16H2,1-4H3. The molecule has 1 fully saturated rings. The van der Waals surface area contributed by atoms with Crippen LogP contribution in [-0.2, 0) is 4.79 Å². The van der Waals surface area contributed by atoms with E-state index in [4.69, 9.17) is 0 Å². The maximum absolute atomic E-state index is 12.0. The molecular weight excluding hydrogens is 256 g/mol. The Morgan fingerprint density at radius 2 is 1.76 bits per heavy atom. The Balaban J connectivity index is 2.39. The first-order valence-corrected chi connectivity index (χ1v) is 8.46. The molecular formula is C20H32O. The fourth-order valence-corrected chi connectivity index (χ4v) is 3.11. The lowest BCUT2D eigenvalue weighted by Crippen LogP contribution is -2.28. The summed E-state index contributed by atoms with van der Waals surface area (Å²) in [5.74, 6) is 0.710. The third kappa shape index (κ3) is 5.65.